The standard InChI is InChI=1S/C12H9I2O4P/c13-9-1-5-11(6-2-9)17-19(15,16)18-12-7-3-10(14)4-8-12/h1-8H,(H,15,16). The molecule has 0 heterocycles. The quantitative estimate of drug-likeness (QED) is 0.496. The van der Waals surface area contributed by atoms with E-state index >= 15 is 0 Å². The zero-order chi connectivity index (χ0) is 13.9. The Hall–Kier alpha value is -0.310. The monoisotopic (exact) mass is 502 g/mol. The lowest BCUT2D eigenvalue weighted by Crippen LogP contribution is -1.99. The molecule has 4 nitrogen and oxygen atoms in total. The van der Waals surface area contributed by atoms with Gasteiger partial charge in [-0.3, -0.25) is 4.89 Å². The average molecular weight is 502 g/mol. The van der Waals surface area contributed by atoms with Crippen LogP contribution in [0.2, 0.25) is 0 Å². The molecule has 0 aliphatic rings. The predicted molar refractivity (Wildman–Crippen MR) is 89.4 cm³/mol. The third kappa shape index (κ3) is 4.94. The molecular formula is C12H9I2O4P. The van der Waals surface area contributed by atoms with Crippen molar-refractivity contribution < 1.29 is 18.5 Å². The molecular weight excluding hydrogens is 493 g/mol. The Morgan fingerprint density at radius 2 is 1.11 bits per heavy atom. The highest BCUT2D eigenvalue weighted by Crippen LogP contribution is 2.44. The van der Waals surface area contributed by atoms with Gasteiger partial charge in [-0.25, -0.2) is 4.57 Å². The van der Waals surface area contributed by atoms with Crippen LogP contribution in [-0.2, 0) is 4.57 Å². The molecule has 100 valence electrons. The minimum Gasteiger partial charge on any atom is -0.395 e. The van der Waals surface area contributed by atoms with Crippen molar-refractivity contribution >= 4 is 53.0 Å². The summed E-state index contributed by atoms with van der Waals surface area (Å²) in [6.45, 7) is 0. The third-order valence-corrected chi connectivity index (χ3v) is 4.39. The first-order valence-electron chi connectivity index (χ1n) is 5.18. The van der Waals surface area contributed by atoms with E-state index in [0.717, 1.165) is 7.14 Å². The minimum absolute atomic E-state index is 0.289. The SMILES string of the molecule is O=P(O)(Oc1ccc(I)cc1)Oc1ccc(I)cc1. The van der Waals surface area contributed by atoms with Gasteiger partial charge in [0, 0.05) is 7.14 Å². The second-order valence-electron chi connectivity index (χ2n) is 3.56. The second kappa shape index (κ2) is 6.43. The van der Waals surface area contributed by atoms with Crippen LogP contribution in [0, 0.1) is 7.14 Å². The maximum Gasteiger partial charge on any atom is 0.584 e. The fourth-order valence-electron chi connectivity index (χ4n) is 1.28. The molecule has 0 bridgehead atoms. The van der Waals surface area contributed by atoms with Crippen molar-refractivity contribution in [3.8, 4) is 11.5 Å². The van der Waals surface area contributed by atoms with Crippen LogP contribution in [0.15, 0.2) is 48.5 Å². The summed E-state index contributed by atoms with van der Waals surface area (Å²) in [7, 11) is -4.17. The largest absolute Gasteiger partial charge is 0.584 e. The first-order valence-corrected chi connectivity index (χ1v) is 8.83. The summed E-state index contributed by atoms with van der Waals surface area (Å²) in [5, 5.41) is 0. The fourth-order valence-corrected chi connectivity index (χ4v) is 2.81. The van der Waals surface area contributed by atoms with E-state index in [1.807, 2.05) is 0 Å². The maximum atomic E-state index is 11.8. The van der Waals surface area contributed by atoms with E-state index in [9.17, 15) is 9.46 Å². The van der Waals surface area contributed by atoms with Crippen molar-refractivity contribution in [2.24, 2.45) is 0 Å². The van der Waals surface area contributed by atoms with Crippen LogP contribution >= 0.6 is 53.0 Å². The van der Waals surface area contributed by atoms with E-state index in [0.29, 0.717) is 0 Å². The molecule has 1 N–H and O–H groups in total. The molecule has 0 radical (unpaired) electrons. The lowest BCUT2D eigenvalue weighted by atomic mass is 10.3. The fraction of sp³-hybridized carbons (Fsp3) is 0. The second-order valence-corrected chi connectivity index (χ2v) is 7.35. The highest BCUT2D eigenvalue weighted by atomic mass is 127. The Balaban J connectivity index is 2.08. The predicted octanol–water partition coefficient (Wildman–Crippen LogP) is 4.45. The molecule has 0 atom stereocenters. The Bertz CT molecular complexity index is 547. The first kappa shape index (κ1) is 15.1. The summed E-state index contributed by atoms with van der Waals surface area (Å²) in [6.07, 6.45) is 0. The van der Waals surface area contributed by atoms with Gasteiger partial charge in [0.05, 0.1) is 0 Å². The van der Waals surface area contributed by atoms with Gasteiger partial charge in [0.15, 0.2) is 0 Å². The van der Waals surface area contributed by atoms with Crippen LogP contribution in [-0.4, -0.2) is 4.89 Å². The van der Waals surface area contributed by atoms with Crippen molar-refractivity contribution in [1.29, 1.82) is 0 Å². The van der Waals surface area contributed by atoms with Gasteiger partial charge in [-0.05, 0) is 93.7 Å². The van der Waals surface area contributed by atoms with Crippen molar-refractivity contribution in [1.82, 2.24) is 0 Å². The summed E-state index contributed by atoms with van der Waals surface area (Å²) >= 11 is 4.27. The van der Waals surface area contributed by atoms with Gasteiger partial charge in [-0.15, -0.1) is 0 Å². The molecule has 0 saturated heterocycles. The molecule has 0 amide bonds. The average Bonchev–Trinajstić information content (AvgIpc) is 2.34. The number of rotatable bonds is 4. The van der Waals surface area contributed by atoms with Crippen LogP contribution in [0.1, 0.15) is 0 Å². The van der Waals surface area contributed by atoms with Gasteiger partial charge >= 0.3 is 7.82 Å². The Labute approximate surface area is 138 Å². The molecule has 2 aromatic carbocycles. The number of halogens is 2. The van der Waals surface area contributed by atoms with Gasteiger partial charge in [0.1, 0.15) is 11.5 Å². The first-order chi connectivity index (χ1) is 8.94. The molecule has 0 spiro atoms. The van der Waals surface area contributed by atoms with E-state index in [1.165, 1.54) is 0 Å². The lowest BCUT2D eigenvalue weighted by Gasteiger charge is -2.13. The van der Waals surface area contributed by atoms with Crippen molar-refractivity contribution in [2.45, 2.75) is 0 Å². The molecule has 0 aliphatic heterocycles. The van der Waals surface area contributed by atoms with Gasteiger partial charge in [0.25, 0.3) is 0 Å². The normalized spacial score (nSPS) is 11.1. The molecule has 19 heavy (non-hydrogen) atoms. The molecule has 0 unspecified atom stereocenters. The topological polar surface area (TPSA) is 55.8 Å². The maximum absolute atomic E-state index is 11.8. The van der Waals surface area contributed by atoms with E-state index < -0.39 is 7.82 Å². The number of benzene rings is 2. The lowest BCUT2D eigenvalue weighted by molar-refractivity contribution is 0.291. The van der Waals surface area contributed by atoms with Gasteiger partial charge in [-0.1, -0.05) is 0 Å². The summed E-state index contributed by atoms with van der Waals surface area (Å²) in [4.78, 5) is 9.67. The van der Waals surface area contributed by atoms with E-state index in [-0.39, 0.29) is 11.5 Å². The molecule has 7 heteroatoms. The van der Waals surface area contributed by atoms with Crippen molar-refractivity contribution in [3.63, 3.8) is 0 Å². The van der Waals surface area contributed by atoms with Crippen LogP contribution in [0.3, 0.4) is 0 Å². The highest BCUT2D eigenvalue weighted by Gasteiger charge is 2.24. The van der Waals surface area contributed by atoms with E-state index in [1.54, 1.807) is 48.5 Å². The molecule has 0 saturated carbocycles. The third-order valence-electron chi connectivity index (χ3n) is 2.07. The molecule has 0 aromatic heterocycles. The van der Waals surface area contributed by atoms with E-state index in [4.69, 9.17) is 9.05 Å². The van der Waals surface area contributed by atoms with E-state index in [2.05, 4.69) is 45.2 Å². The Morgan fingerprint density at radius 1 is 0.789 bits per heavy atom. The smallest absolute Gasteiger partial charge is 0.395 e. The molecule has 0 fully saturated rings. The van der Waals surface area contributed by atoms with Gasteiger partial charge in [-0.2, -0.15) is 0 Å². The van der Waals surface area contributed by atoms with Gasteiger partial charge < -0.3 is 9.05 Å². The molecule has 2 aromatic rings. The highest BCUT2D eigenvalue weighted by molar-refractivity contribution is 14.1. The Morgan fingerprint density at radius 3 is 1.42 bits per heavy atom. The van der Waals surface area contributed by atoms with Crippen LogP contribution in [0.4, 0.5) is 0 Å². The zero-order valence-electron chi connectivity index (χ0n) is 9.49. The molecule has 2 rings (SSSR count). The van der Waals surface area contributed by atoms with Crippen LogP contribution in [0.5, 0.6) is 11.5 Å². The zero-order valence-corrected chi connectivity index (χ0v) is 14.7. The summed E-state index contributed by atoms with van der Waals surface area (Å²) in [5.74, 6) is 0.577. The number of phosphoric ester groups is 1. The number of phosphoric acid groups is 1. The van der Waals surface area contributed by atoms with Crippen molar-refractivity contribution in [3.05, 3.63) is 55.7 Å². The van der Waals surface area contributed by atoms with Gasteiger partial charge in [0.2, 0.25) is 0 Å². The number of hydrogen-bond donors (Lipinski definition) is 1. The summed E-state index contributed by atoms with van der Waals surface area (Å²) < 4.78 is 23.8. The van der Waals surface area contributed by atoms with Crippen LogP contribution < -0.4 is 9.05 Å². The van der Waals surface area contributed by atoms with Crippen molar-refractivity contribution in [2.75, 3.05) is 0 Å². The Kier molecular flexibility index (Phi) is 5.10. The summed E-state index contributed by atoms with van der Waals surface area (Å²) in [5.41, 5.74) is 0. The minimum atomic E-state index is -4.17. The summed E-state index contributed by atoms with van der Waals surface area (Å²) in [6, 6.07) is 13.6. The number of hydrogen-bond acceptors (Lipinski definition) is 3. The molecule has 0 aliphatic carbocycles. The van der Waals surface area contributed by atoms with Crippen LogP contribution in [0.25, 0.3) is 0 Å².